The molecule has 122 valence electrons. The first-order valence-electron chi connectivity index (χ1n) is 7.30. The Bertz CT molecular complexity index is 265. The van der Waals surface area contributed by atoms with E-state index in [0.29, 0.717) is 13.2 Å². The summed E-state index contributed by atoms with van der Waals surface area (Å²) in [6, 6.07) is 0. The monoisotopic (exact) mass is 354 g/mol. The van der Waals surface area contributed by atoms with E-state index >= 15 is 0 Å². The molecule has 0 aliphatic carbocycles. The van der Waals surface area contributed by atoms with E-state index in [1.54, 1.807) is 0 Å². The first kappa shape index (κ1) is 20.7. The van der Waals surface area contributed by atoms with Crippen LogP contribution in [0.5, 0.6) is 0 Å². The summed E-state index contributed by atoms with van der Waals surface area (Å²) in [6.07, 6.45) is 0. The van der Waals surface area contributed by atoms with Gasteiger partial charge in [0.1, 0.15) is 0 Å². The second-order valence-corrected chi connectivity index (χ2v) is 24.2. The highest BCUT2D eigenvalue weighted by Gasteiger charge is 2.33. The molecule has 8 heteroatoms. The van der Waals surface area contributed by atoms with Crippen LogP contribution in [0.2, 0.25) is 65.5 Å². The molecule has 0 spiro atoms. The molecule has 0 heterocycles. The molecule has 0 aliphatic rings. The molecule has 0 bridgehead atoms. The molecule has 4 nitrogen and oxygen atoms in total. The standard InChI is InChI=1S/C12H34O4Si4/c1-17(2,3)15-19(7,8)13-11-12-14-20(9,10)16-18(4,5)6/h11-12H2,1-10H3. The van der Waals surface area contributed by atoms with Crippen LogP contribution in [0.3, 0.4) is 0 Å². The van der Waals surface area contributed by atoms with Crippen molar-refractivity contribution in [3.63, 3.8) is 0 Å². The highest BCUT2D eigenvalue weighted by atomic mass is 28.4. The fraction of sp³-hybridized carbons (Fsp3) is 1.00. The molecule has 0 saturated heterocycles. The zero-order valence-electron chi connectivity index (χ0n) is 15.0. The SMILES string of the molecule is C[Si](C)(C)O[Si](C)(C)OCCO[Si](C)(C)O[Si](C)(C)C. The van der Waals surface area contributed by atoms with Crippen LogP contribution in [-0.2, 0) is 17.1 Å². The fourth-order valence-corrected chi connectivity index (χ4v) is 15.5. The Morgan fingerprint density at radius 2 is 0.750 bits per heavy atom. The lowest BCUT2D eigenvalue weighted by atomic mass is 10.8. The van der Waals surface area contributed by atoms with Gasteiger partial charge >= 0.3 is 17.1 Å². The average molecular weight is 355 g/mol. The van der Waals surface area contributed by atoms with E-state index in [1.807, 2.05) is 0 Å². The van der Waals surface area contributed by atoms with Crippen molar-refractivity contribution in [2.24, 2.45) is 0 Å². The normalized spacial score (nSPS) is 14.7. The van der Waals surface area contributed by atoms with Crippen LogP contribution < -0.4 is 0 Å². The van der Waals surface area contributed by atoms with E-state index < -0.39 is 33.8 Å². The summed E-state index contributed by atoms with van der Waals surface area (Å²) < 4.78 is 24.1. The molecule has 0 atom stereocenters. The molecule has 0 rings (SSSR count). The third-order valence-electron chi connectivity index (χ3n) is 2.09. The molecule has 0 saturated carbocycles. The van der Waals surface area contributed by atoms with Gasteiger partial charge in [-0.15, -0.1) is 0 Å². The quantitative estimate of drug-likeness (QED) is 0.461. The van der Waals surface area contributed by atoms with Crippen molar-refractivity contribution in [1.29, 1.82) is 0 Å². The van der Waals surface area contributed by atoms with Crippen molar-refractivity contribution in [2.45, 2.75) is 65.5 Å². The first-order valence-corrected chi connectivity index (χ1v) is 19.8. The number of hydrogen-bond donors (Lipinski definition) is 0. The predicted octanol–water partition coefficient (Wildman–Crippen LogP) is 4.13. The Hall–Kier alpha value is 0.708. The maximum absolute atomic E-state index is 6.12. The van der Waals surface area contributed by atoms with E-state index in [-0.39, 0.29) is 0 Å². The molecule has 0 N–H and O–H groups in total. The Morgan fingerprint density at radius 1 is 0.500 bits per heavy atom. The van der Waals surface area contributed by atoms with Gasteiger partial charge in [0.2, 0.25) is 0 Å². The van der Waals surface area contributed by atoms with E-state index in [0.717, 1.165) is 0 Å². The molecule has 20 heavy (non-hydrogen) atoms. The van der Waals surface area contributed by atoms with E-state index in [4.69, 9.17) is 17.1 Å². The Balaban J connectivity index is 4.08. The van der Waals surface area contributed by atoms with Gasteiger partial charge in [0.05, 0.1) is 13.2 Å². The van der Waals surface area contributed by atoms with E-state index in [1.165, 1.54) is 0 Å². The van der Waals surface area contributed by atoms with Gasteiger partial charge < -0.3 is 17.1 Å². The summed E-state index contributed by atoms with van der Waals surface area (Å²) >= 11 is 0. The second kappa shape index (κ2) is 7.31. The highest BCUT2D eigenvalue weighted by Crippen LogP contribution is 2.17. The van der Waals surface area contributed by atoms with Crippen LogP contribution in [0.25, 0.3) is 0 Å². The minimum atomic E-state index is -2.02. The van der Waals surface area contributed by atoms with Crippen LogP contribution in [0, 0.1) is 0 Å². The maximum Gasteiger partial charge on any atom is 0.321 e. The minimum Gasteiger partial charge on any atom is -0.436 e. The number of hydrogen-bond acceptors (Lipinski definition) is 4. The van der Waals surface area contributed by atoms with Gasteiger partial charge in [0.15, 0.2) is 16.6 Å². The summed E-state index contributed by atoms with van der Waals surface area (Å²) in [6.45, 7) is 22.8. The summed E-state index contributed by atoms with van der Waals surface area (Å²) in [7, 11) is -7.11. The zero-order valence-corrected chi connectivity index (χ0v) is 19.0. The topological polar surface area (TPSA) is 36.9 Å². The van der Waals surface area contributed by atoms with Gasteiger partial charge in [-0.1, -0.05) is 0 Å². The molecule has 0 aromatic rings. The molecular formula is C12H34O4Si4. The second-order valence-electron chi connectivity index (χ2n) is 7.93. The van der Waals surface area contributed by atoms with Crippen molar-refractivity contribution >= 4 is 33.8 Å². The molecule has 0 aromatic carbocycles. The predicted molar refractivity (Wildman–Crippen MR) is 95.7 cm³/mol. The van der Waals surface area contributed by atoms with E-state index in [9.17, 15) is 0 Å². The summed E-state index contributed by atoms with van der Waals surface area (Å²) in [5.74, 6) is 0. The lowest BCUT2D eigenvalue weighted by molar-refractivity contribution is 0.161. The molecule has 0 aromatic heterocycles. The lowest BCUT2D eigenvalue weighted by Gasteiger charge is -2.33. The molecule has 0 radical (unpaired) electrons. The van der Waals surface area contributed by atoms with Crippen molar-refractivity contribution in [2.75, 3.05) is 13.2 Å². The van der Waals surface area contributed by atoms with Gasteiger partial charge in [-0.2, -0.15) is 0 Å². The first-order chi connectivity index (χ1) is 8.62. The van der Waals surface area contributed by atoms with Crippen molar-refractivity contribution in [3.8, 4) is 0 Å². The smallest absolute Gasteiger partial charge is 0.321 e. The highest BCUT2D eigenvalue weighted by molar-refractivity contribution is 6.82. The van der Waals surface area contributed by atoms with Gasteiger partial charge in [0, 0.05) is 0 Å². The van der Waals surface area contributed by atoms with Crippen LogP contribution in [0.15, 0.2) is 0 Å². The Labute approximate surface area is 129 Å². The van der Waals surface area contributed by atoms with Gasteiger partial charge in [-0.05, 0) is 65.5 Å². The van der Waals surface area contributed by atoms with Crippen molar-refractivity contribution in [3.05, 3.63) is 0 Å². The molecule has 0 unspecified atom stereocenters. The molecular weight excluding hydrogens is 320 g/mol. The number of rotatable bonds is 9. The van der Waals surface area contributed by atoms with E-state index in [2.05, 4.69) is 65.5 Å². The van der Waals surface area contributed by atoms with Gasteiger partial charge in [-0.3, -0.25) is 0 Å². The van der Waals surface area contributed by atoms with Crippen molar-refractivity contribution in [1.82, 2.24) is 0 Å². The van der Waals surface area contributed by atoms with Gasteiger partial charge in [-0.25, -0.2) is 0 Å². The molecule has 0 aliphatic heterocycles. The van der Waals surface area contributed by atoms with Crippen LogP contribution in [0.4, 0.5) is 0 Å². The van der Waals surface area contributed by atoms with Crippen LogP contribution >= 0.6 is 0 Å². The fourth-order valence-electron chi connectivity index (χ4n) is 2.11. The lowest BCUT2D eigenvalue weighted by Crippen LogP contribution is -2.47. The largest absolute Gasteiger partial charge is 0.436 e. The molecule has 0 fully saturated rings. The Morgan fingerprint density at radius 3 is 0.950 bits per heavy atom. The van der Waals surface area contributed by atoms with Crippen molar-refractivity contribution < 1.29 is 17.1 Å². The zero-order chi connectivity index (χ0) is 16.2. The van der Waals surface area contributed by atoms with Crippen LogP contribution in [0.1, 0.15) is 0 Å². The average Bonchev–Trinajstić information content (AvgIpc) is 2.04. The third kappa shape index (κ3) is 12.4. The minimum absolute atomic E-state index is 0.592. The summed E-state index contributed by atoms with van der Waals surface area (Å²) in [4.78, 5) is 0. The third-order valence-corrected chi connectivity index (χ3v) is 12.7. The van der Waals surface area contributed by atoms with Crippen LogP contribution in [-0.4, -0.2) is 47.0 Å². The van der Waals surface area contributed by atoms with Gasteiger partial charge in [0.25, 0.3) is 0 Å². The Kier molecular flexibility index (Phi) is 7.57. The maximum atomic E-state index is 6.12. The molecule has 0 amide bonds. The summed E-state index contributed by atoms with van der Waals surface area (Å²) in [5, 5.41) is 0. The summed E-state index contributed by atoms with van der Waals surface area (Å²) in [5.41, 5.74) is 0.